The Morgan fingerprint density at radius 2 is 1.83 bits per heavy atom. The summed E-state index contributed by atoms with van der Waals surface area (Å²) in [6.07, 6.45) is 5.66. The van der Waals surface area contributed by atoms with Gasteiger partial charge in [-0.05, 0) is 18.6 Å². The molecule has 1 rings (SSSR count). The molecular weight excluding hydrogens is 411 g/mol. The van der Waals surface area contributed by atoms with E-state index in [0.29, 0.717) is 6.42 Å². The molecule has 0 bridgehead atoms. The average Bonchev–Trinajstić information content (AvgIpc) is 2.69. The van der Waals surface area contributed by atoms with E-state index in [-0.39, 0.29) is 43.1 Å². The topological polar surface area (TPSA) is 117 Å². The molecule has 0 saturated heterocycles. The van der Waals surface area contributed by atoms with Gasteiger partial charge in [-0.2, -0.15) is 0 Å². The summed E-state index contributed by atoms with van der Waals surface area (Å²) in [5.74, 6) is -0.0795. The monoisotopic (exact) mass is 443 g/mol. The molecule has 9 nitrogen and oxygen atoms in total. The Hall–Kier alpha value is -2.09. The van der Waals surface area contributed by atoms with Crippen LogP contribution >= 0.6 is 7.82 Å². The van der Waals surface area contributed by atoms with E-state index >= 15 is 0 Å². The van der Waals surface area contributed by atoms with Gasteiger partial charge in [-0.25, -0.2) is 0 Å². The van der Waals surface area contributed by atoms with Gasteiger partial charge in [-0.15, -0.1) is 0 Å². The summed E-state index contributed by atoms with van der Waals surface area (Å²) in [6.45, 7) is 1.79. The van der Waals surface area contributed by atoms with Crippen LogP contribution in [-0.4, -0.2) is 50.6 Å². The van der Waals surface area contributed by atoms with Crippen LogP contribution in [0.15, 0.2) is 24.3 Å². The molecule has 0 heterocycles. The van der Waals surface area contributed by atoms with Crippen LogP contribution in [0.4, 0.5) is 0 Å². The number of nitrogens with one attached hydrogen (secondary N) is 1. The smallest absolute Gasteiger partial charge is 0.319 e. The van der Waals surface area contributed by atoms with Crippen molar-refractivity contribution in [1.29, 1.82) is 0 Å². The lowest BCUT2D eigenvalue weighted by Crippen LogP contribution is -2.27. The second-order valence-electron chi connectivity index (χ2n) is 6.94. The second-order valence-corrected chi connectivity index (χ2v) is 8.27. The van der Waals surface area contributed by atoms with Crippen molar-refractivity contribution in [3.05, 3.63) is 24.3 Å². The number of nitrogens with zero attached hydrogens (tertiary/aromatic N) is 1. The molecule has 0 aromatic heterocycles. The van der Waals surface area contributed by atoms with Crippen molar-refractivity contribution in [3.8, 4) is 11.5 Å². The van der Waals surface area contributed by atoms with Gasteiger partial charge in [0, 0.05) is 33.1 Å². The Morgan fingerprint density at radius 3 is 2.53 bits per heavy atom. The number of carbonyl (C=O) groups excluding carboxylic acids is 2. The van der Waals surface area contributed by atoms with Crippen LogP contribution < -0.4 is 19.5 Å². The zero-order valence-corrected chi connectivity index (χ0v) is 18.8. The molecule has 170 valence electrons. The van der Waals surface area contributed by atoms with Gasteiger partial charge in [0.25, 0.3) is 5.91 Å². The molecule has 10 heteroatoms. The number of likely N-dealkylation sites (N-methyl/N-ethyl adjacent to an activating group) is 1. The summed E-state index contributed by atoms with van der Waals surface area (Å²) in [5.41, 5.74) is 0. The highest BCUT2D eigenvalue weighted by Crippen LogP contribution is 2.40. The number of phosphoric ester groups is 1. The van der Waals surface area contributed by atoms with Gasteiger partial charge in [0.15, 0.2) is 6.61 Å². The van der Waals surface area contributed by atoms with E-state index in [4.69, 9.17) is 13.8 Å². The zero-order valence-electron chi connectivity index (χ0n) is 17.9. The first kappa shape index (κ1) is 25.9. The van der Waals surface area contributed by atoms with E-state index in [1.165, 1.54) is 23.1 Å². The zero-order chi connectivity index (χ0) is 22.4. The third-order valence-corrected chi connectivity index (χ3v) is 5.00. The van der Waals surface area contributed by atoms with Crippen molar-refractivity contribution in [2.45, 2.75) is 45.4 Å². The molecule has 1 atom stereocenters. The van der Waals surface area contributed by atoms with Crippen molar-refractivity contribution >= 4 is 19.6 Å². The minimum Gasteiger partial charge on any atom is -0.746 e. The molecule has 0 spiro atoms. The molecule has 0 aliphatic heterocycles. The number of hydrogen-bond acceptors (Lipinski definition) is 7. The van der Waals surface area contributed by atoms with E-state index in [1.54, 1.807) is 20.2 Å². The van der Waals surface area contributed by atoms with Gasteiger partial charge >= 0.3 is 7.82 Å². The third-order valence-electron chi connectivity index (χ3n) is 4.06. The fraction of sp³-hybridized carbons (Fsp3) is 0.600. The van der Waals surface area contributed by atoms with Crippen molar-refractivity contribution in [2.75, 3.05) is 33.9 Å². The summed E-state index contributed by atoms with van der Waals surface area (Å²) in [4.78, 5) is 36.6. The molecule has 0 aliphatic rings. The number of rotatable bonds is 15. The fourth-order valence-corrected chi connectivity index (χ4v) is 3.12. The average molecular weight is 443 g/mol. The fourth-order valence-electron chi connectivity index (χ4n) is 2.38. The highest BCUT2D eigenvalue weighted by Gasteiger charge is 2.13. The van der Waals surface area contributed by atoms with E-state index in [2.05, 4.69) is 12.2 Å². The molecule has 30 heavy (non-hydrogen) atoms. The first-order chi connectivity index (χ1) is 14.2. The number of hydrogen-bond donors (Lipinski definition) is 1. The predicted molar refractivity (Wildman–Crippen MR) is 111 cm³/mol. The van der Waals surface area contributed by atoms with Crippen LogP contribution in [0.25, 0.3) is 0 Å². The number of unbranched alkanes of at least 4 members (excludes halogenated alkanes) is 4. The van der Waals surface area contributed by atoms with Gasteiger partial charge in [0.05, 0.1) is 6.61 Å². The molecule has 2 amide bonds. The number of ether oxygens (including phenoxy) is 1. The van der Waals surface area contributed by atoms with E-state index in [0.717, 1.165) is 32.1 Å². The van der Waals surface area contributed by atoms with Crippen LogP contribution in [0.3, 0.4) is 0 Å². The summed E-state index contributed by atoms with van der Waals surface area (Å²) in [7, 11) is -1.41. The lowest BCUT2D eigenvalue weighted by Gasteiger charge is -2.23. The van der Waals surface area contributed by atoms with Crippen molar-refractivity contribution in [1.82, 2.24) is 10.2 Å². The Labute approximate surface area is 178 Å². The Bertz CT molecular complexity index is 712. The van der Waals surface area contributed by atoms with Crippen LogP contribution in [-0.2, 0) is 18.7 Å². The molecule has 0 saturated carbocycles. The summed E-state index contributed by atoms with van der Waals surface area (Å²) in [5, 5.41) is 2.62. The molecule has 1 aromatic carbocycles. The molecule has 0 fully saturated rings. The van der Waals surface area contributed by atoms with Gasteiger partial charge in [-0.3, -0.25) is 14.2 Å². The highest BCUT2D eigenvalue weighted by molar-refractivity contribution is 7.46. The third kappa shape index (κ3) is 11.8. The van der Waals surface area contributed by atoms with Crippen molar-refractivity contribution in [2.24, 2.45) is 0 Å². The Balaban J connectivity index is 2.33. The second kappa shape index (κ2) is 14.0. The van der Waals surface area contributed by atoms with Crippen LogP contribution in [0.1, 0.15) is 45.4 Å². The summed E-state index contributed by atoms with van der Waals surface area (Å²) in [6, 6.07) is 5.88. The van der Waals surface area contributed by atoms with Crippen LogP contribution in [0.2, 0.25) is 0 Å². The minimum absolute atomic E-state index is 0.000694. The number of phosphoric acid groups is 1. The van der Waals surface area contributed by atoms with Gasteiger partial charge in [-0.1, -0.05) is 38.7 Å². The standard InChI is InChI=1S/C20H33N2O7P/c1-4-5-6-7-8-12-19(23)21-13-14-28-30(25,26)29-18-11-9-10-17(15-18)27-16-20(24)22(2)3/h9-11,15H,4-8,12-14,16H2,1-3H3,(H,21,23)(H,25,26)/p-1. The Morgan fingerprint density at radius 1 is 1.13 bits per heavy atom. The normalized spacial score (nSPS) is 12.7. The van der Waals surface area contributed by atoms with Crippen LogP contribution in [0, 0.1) is 0 Å². The maximum atomic E-state index is 12.0. The van der Waals surface area contributed by atoms with Gasteiger partial charge in [0.1, 0.15) is 11.5 Å². The lowest BCUT2D eigenvalue weighted by molar-refractivity contribution is -0.216. The van der Waals surface area contributed by atoms with Crippen LogP contribution in [0.5, 0.6) is 11.5 Å². The van der Waals surface area contributed by atoms with Crippen molar-refractivity contribution < 1.29 is 32.8 Å². The largest absolute Gasteiger partial charge is 0.746 e. The minimum atomic E-state index is -4.61. The first-order valence-electron chi connectivity index (χ1n) is 10.1. The van der Waals surface area contributed by atoms with Gasteiger partial charge in [0.2, 0.25) is 5.91 Å². The number of carbonyl (C=O) groups is 2. The van der Waals surface area contributed by atoms with E-state index in [1.807, 2.05) is 0 Å². The van der Waals surface area contributed by atoms with E-state index < -0.39 is 7.82 Å². The first-order valence-corrected chi connectivity index (χ1v) is 11.5. The molecular formula is C20H32N2O7P-. The van der Waals surface area contributed by atoms with E-state index in [9.17, 15) is 19.0 Å². The maximum absolute atomic E-state index is 12.0. The molecule has 1 unspecified atom stereocenters. The lowest BCUT2D eigenvalue weighted by atomic mass is 10.1. The molecule has 1 aromatic rings. The van der Waals surface area contributed by atoms with Gasteiger partial charge < -0.3 is 28.9 Å². The Kier molecular flexibility index (Phi) is 12.1. The molecule has 0 aliphatic carbocycles. The summed E-state index contributed by atoms with van der Waals surface area (Å²) < 4.78 is 26.9. The number of benzene rings is 1. The summed E-state index contributed by atoms with van der Waals surface area (Å²) >= 11 is 0. The molecule has 0 radical (unpaired) electrons. The highest BCUT2D eigenvalue weighted by atomic mass is 31.2. The maximum Gasteiger partial charge on any atom is 0.319 e. The van der Waals surface area contributed by atoms with Crippen molar-refractivity contribution in [3.63, 3.8) is 0 Å². The predicted octanol–water partition coefficient (Wildman–Crippen LogP) is 2.49. The molecule has 1 N–H and O–H groups in total. The number of amides is 2. The SMILES string of the molecule is CCCCCCCC(=O)NCCOP(=O)([O-])Oc1cccc(OCC(=O)N(C)C)c1. The quantitative estimate of drug-likeness (QED) is 0.327.